The first-order valence-electron chi connectivity index (χ1n) is 12.3. The highest BCUT2D eigenvalue weighted by molar-refractivity contribution is 14.1. The Bertz CT molecular complexity index is 2060. The van der Waals surface area contributed by atoms with E-state index < -0.39 is 0 Å². The number of para-hydroxylation sites is 1. The van der Waals surface area contributed by atoms with Crippen LogP contribution in [-0.4, -0.2) is 9.38 Å². The van der Waals surface area contributed by atoms with Gasteiger partial charge in [-0.05, 0) is 52.7 Å². The Labute approximate surface area is 228 Å². The van der Waals surface area contributed by atoms with Gasteiger partial charge in [0, 0.05) is 41.7 Å². The van der Waals surface area contributed by atoms with Crippen LogP contribution < -0.4 is 7.63 Å². The number of halogens is 1. The van der Waals surface area contributed by atoms with Gasteiger partial charge >= 0.3 is 0 Å². The predicted molar refractivity (Wildman–Crippen MR) is 160 cm³/mol. The Kier molecular flexibility index (Phi) is 5.15. The monoisotopic (exact) mass is 592 g/mol. The molecule has 0 saturated carbocycles. The van der Waals surface area contributed by atoms with Crippen LogP contribution >= 0.6 is 23.0 Å². The number of hydrogen-bond acceptors (Lipinski definition) is 2. The van der Waals surface area contributed by atoms with Gasteiger partial charge in [0.1, 0.15) is 17.0 Å². The van der Waals surface area contributed by atoms with Crippen molar-refractivity contribution in [3.63, 3.8) is 0 Å². The molecule has 4 aromatic carbocycles. The standard InChI is InChI=1S/C32H23IN3O/c1-20-28(14-8-16-31(20)37-33)35-21(2)36-29-17-18-34-19-27(29)25-12-6-4-10-23(25)22-9-3-5-11-24(22)26-13-7-15-30(35)32(26)36/h3-19H,1-2H3/q+1. The summed E-state index contributed by atoms with van der Waals surface area (Å²) in [4.78, 5) is 4.57. The third-order valence-electron chi connectivity index (χ3n) is 7.47. The quantitative estimate of drug-likeness (QED) is 0.150. The largest absolute Gasteiger partial charge is 0.427 e. The van der Waals surface area contributed by atoms with Crippen molar-refractivity contribution in [3.05, 3.63) is 115 Å². The maximum absolute atomic E-state index is 5.67. The first-order valence-corrected chi connectivity index (χ1v) is 13.2. The molecule has 0 atom stereocenters. The van der Waals surface area contributed by atoms with Crippen LogP contribution in [-0.2, 0) is 0 Å². The highest BCUT2D eigenvalue weighted by Crippen LogP contribution is 2.34. The van der Waals surface area contributed by atoms with Gasteiger partial charge in [-0.3, -0.25) is 4.98 Å². The molecule has 0 fully saturated rings. The predicted octanol–water partition coefficient (Wildman–Crippen LogP) is 8.13. The number of fused-ring (bicyclic) bond motifs is 7. The summed E-state index contributed by atoms with van der Waals surface area (Å²) in [6, 6.07) is 32.4. The van der Waals surface area contributed by atoms with Gasteiger partial charge in [-0.25, -0.2) is 0 Å². The molecule has 7 rings (SSSR count). The van der Waals surface area contributed by atoms with Gasteiger partial charge in [0.2, 0.25) is 0 Å². The lowest BCUT2D eigenvalue weighted by Gasteiger charge is -2.07. The fraction of sp³-hybridized carbons (Fsp3) is 0.0625. The molecule has 3 aromatic heterocycles. The van der Waals surface area contributed by atoms with Gasteiger partial charge < -0.3 is 3.07 Å². The van der Waals surface area contributed by atoms with E-state index in [2.05, 4.69) is 113 Å². The van der Waals surface area contributed by atoms with E-state index in [1.165, 1.54) is 32.4 Å². The number of nitrogens with zero attached hydrogens (tertiary/aromatic N) is 3. The maximum Gasteiger partial charge on any atom is 0.264 e. The minimum absolute atomic E-state index is 0.868. The van der Waals surface area contributed by atoms with Gasteiger partial charge in [0.05, 0.1) is 0 Å². The smallest absolute Gasteiger partial charge is 0.264 e. The minimum atomic E-state index is 0.868. The fourth-order valence-corrected chi connectivity index (χ4v) is 6.30. The van der Waals surface area contributed by atoms with Crippen molar-refractivity contribution in [3.8, 4) is 11.4 Å². The third-order valence-corrected chi connectivity index (χ3v) is 7.94. The third kappa shape index (κ3) is 3.20. The lowest BCUT2D eigenvalue weighted by Crippen LogP contribution is -2.34. The molecule has 0 amide bonds. The van der Waals surface area contributed by atoms with Crippen LogP contribution in [0.4, 0.5) is 0 Å². The summed E-state index contributed by atoms with van der Waals surface area (Å²) in [5.41, 5.74) is 5.64. The van der Waals surface area contributed by atoms with E-state index in [9.17, 15) is 0 Å². The first kappa shape index (κ1) is 22.2. The molecular weight excluding hydrogens is 569 g/mol. The Morgan fingerprint density at radius 1 is 0.703 bits per heavy atom. The summed E-state index contributed by atoms with van der Waals surface area (Å²) < 4.78 is 10.4. The lowest BCUT2D eigenvalue weighted by molar-refractivity contribution is -0.575. The van der Waals surface area contributed by atoms with E-state index in [1.807, 2.05) is 41.5 Å². The lowest BCUT2D eigenvalue weighted by atomic mass is 10.0. The van der Waals surface area contributed by atoms with Gasteiger partial charge in [-0.1, -0.05) is 60.7 Å². The average Bonchev–Trinajstić information content (AvgIpc) is 3.26. The fourth-order valence-electron chi connectivity index (χ4n) is 5.82. The van der Waals surface area contributed by atoms with E-state index in [4.69, 9.17) is 3.07 Å². The van der Waals surface area contributed by atoms with Crippen LogP contribution in [0.25, 0.3) is 54.6 Å². The number of aryl methyl sites for hydroxylation is 1. The molecule has 0 unspecified atom stereocenters. The number of rotatable bonds is 2. The Morgan fingerprint density at radius 3 is 2.03 bits per heavy atom. The number of imidazole rings is 1. The van der Waals surface area contributed by atoms with Crippen molar-refractivity contribution in [2.45, 2.75) is 13.8 Å². The van der Waals surface area contributed by atoms with Crippen molar-refractivity contribution in [2.24, 2.45) is 0 Å². The summed E-state index contributed by atoms with van der Waals surface area (Å²) in [6.07, 6.45) is 3.89. The van der Waals surface area contributed by atoms with Crippen LogP contribution in [0, 0.1) is 13.8 Å². The van der Waals surface area contributed by atoms with E-state index in [-0.39, 0.29) is 0 Å². The second kappa shape index (κ2) is 8.56. The summed E-state index contributed by atoms with van der Waals surface area (Å²) in [5, 5.41) is 7.13. The molecule has 0 aliphatic heterocycles. The Hall–Kier alpha value is -3.97. The van der Waals surface area contributed by atoms with Crippen molar-refractivity contribution >= 4 is 71.9 Å². The molecule has 0 aliphatic rings. The summed E-state index contributed by atoms with van der Waals surface area (Å²) in [6.45, 7) is 4.32. The maximum atomic E-state index is 5.67. The van der Waals surface area contributed by atoms with Crippen LogP contribution in [0.5, 0.6) is 5.75 Å². The molecule has 0 spiro atoms. The second-order valence-electron chi connectivity index (χ2n) is 9.35. The normalized spacial score (nSPS) is 11.6. The topological polar surface area (TPSA) is 30.4 Å². The number of benzene rings is 4. The van der Waals surface area contributed by atoms with E-state index in [0.29, 0.717) is 0 Å². The van der Waals surface area contributed by atoms with Crippen molar-refractivity contribution in [2.75, 3.05) is 0 Å². The molecule has 3 heterocycles. The van der Waals surface area contributed by atoms with Crippen molar-refractivity contribution in [1.29, 1.82) is 0 Å². The van der Waals surface area contributed by atoms with Crippen molar-refractivity contribution in [1.82, 2.24) is 9.38 Å². The summed E-state index contributed by atoms with van der Waals surface area (Å²) in [5.74, 6) is 1.98. The van der Waals surface area contributed by atoms with Gasteiger partial charge in [0.25, 0.3) is 5.82 Å². The zero-order valence-corrected chi connectivity index (χ0v) is 22.6. The SMILES string of the molecule is Cc1c(OI)cccc1-[n+]1c(C)n2c3ccncc3c3ccccc3c3ccccc3c3cccc1c32. The molecule has 0 saturated heterocycles. The van der Waals surface area contributed by atoms with Gasteiger partial charge in [-0.15, -0.1) is 0 Å². The average molecular weight is 592 g/mol. The first-order chi connectivity index (χ1) is 18.2. The Morgan fingerprint density at radius 2 is 1.32 bits per heavy atom. The minimum Gasteiger partial charge on any atom is -0.427 e. The second-order valence-corrected chi connectivity index (χ2v) is 9.79. The summed E-state index contributed by atoms with van der Waals surface area (Å²) >= 11 is 1.96. The molecule has 4 nitrogen and oxygen atoms in total. The zero-order valence-electron chi connectivity index (χ0n) is 20.4. The van der Waals surface area contributed by atoms with Crippen LogP contribution in [0.2, 0.25) is 0 Å². The van der Waals surface area contributed by atoms with Gasteiger partial charge in [-0.2, -0.15) is 8.97 Å². The molecule has 0 aliphatic carbocycles. The molecular formula is C32H23IN3O+. The van der Waals surface area contributed by atoms with Crippen LogP contribution in [0.3, 0.4) is 0 Å². The van der Waals surface area contributed by atoms with E-state index in [1.54, 1.807) is 0 Å². The Balaban J connectivity index is 1.87. The van der Waals surface area contributed by atoms with Crippen LogP contribution in [0.1, 0.15) is 11.4 Å². The number of pyridine rings is 1. The number of hydrogen-bond donors (Lipinski definition) is 0. The molecule has 7 aromatic rings. The van der Waals surface area contributed by atoms with E-state index in [0.717, 1.165) is 39.2 Å². The molecule has 178 valence electrons. The highest BCUT2D eigenvalue weighted by Gasteiger charge is 2.26. The highest BCUT2D eigenvalue weighted by atomic mass is 127. The molecule has 0 bridgehead atoms. The van der Waals surface area contributed by atoms with E-state index >= 15 is 0 Å². The number of aromatic nitrogens is 3. The van der Waals surface area contributed by atoms with Crippen molar-refractivity contribution < 1.29 is 7.63 Å². The van der Waals surface area contributed by atoms with Gasteiger partial charge in [0.15, 0.2) is 34.0 Å². The van der Waals surface area contributed by atoms with Crippen LogP contribution in [0.15, 0.2) is 103 Å². The molecule has 0 radical (unpaired) electrons. The summed E-state index contributed by atoms with van der Waals surface area (Å²) in [7, 11) is 0. The molecule has 0 N–H and O–H groups in total. The molecule has 5 heteroatoms. The molecule has 37 heavy (non-hydrogen) atoms. The zero-order chi connectivity index (χ0) is 25.1.